The Morgan fingerprint density at radius 3 is 2.68 bits per heavy atom. The first-order chi connectivity index (χ1) is 9.00. The second-order valence-electron chi connectivity index (χ2n) is 4.40. The molecule has 1 N–H and O–H groups in total. The van der Waals surface area contributed by atoms with E-state index in [9.17, 15) is 9.59 Å². The molecule has 0 radical (unpaired) electrons. The van der Waals surface area contributed by atoms with E-state index in [2.05, 4.69) is 10.2 Å². The summed E-state index contributed by atoms with van der Waals surface area (Å²) in [5, 5.41) is 7.35. The minimum atomic E-state index is -0.835. The predicted molar refractivity (Wildman–Crippen MR) is 69.7 cm³/mol. The molecule has 2 aromatic rings. The van der Waals surface area contributed by atoms with Crippen molar-refractivity contribution in [3.05, 3.63) is 30.0 Å². The maximum Gasteiger partial charge on any atom is 0.360 e. The normalized spacial score (nSPS) is 12.2. The van der Waals surface area contributed by atoms with Crippen molar-refractivity contribution in [1.82, 2.24) is 15.1 Å². The van der Waals surface area contributed by atoms with Crippen LogP contribution in [0.2, 0.25) is 0 Å². The van der Waals surface area contributed by atoms with Crippen molar-refractivity contribution in [1.29, 1.82) is 0 Å². The maximum absolute atomic E-state index is 12.0. The van der Waals surface area contributed by atoms with Crippen LogP contribution >= 0.6 is 0 Å². The number of para-hydroxylation sites is 1. The number of likely N-dealkylation sites (N-methyl/N-ethyl adjacent to an activating group) is 1. The Kier molecular flexibility index (Phi) is 3.50. The Morgan fingerprint density at radius 2 is 2.00 bits per heavy atom. The number of aromatic amines is 1. The van der Waals surface area contributed by atoms with Gasteiger partial charge < -0.3 is 9.64 Å². The second-order valence-corrected chi connectivity index (χ2v) is 4.40. The molecule has 0 bridgehead atoms. The standard InChI is InChI=1S/C13H15N3O3/c1-8(12(17)16(2)3)19-13(18)11-9-6-4-5-7-10(9)14-15-11/h4-8H,1-3H3,(H,14,15)/t8-/m0/s1. The molecule has 0 spiro atoms. The average molecular weight is 261 g/mol. The number of nitrogens with one attached hydrogen (secondary N) is 1. The van der Waals surface area contributed by atoms with Crippen molar-refractivity contribution in [2.45, 2.75) is 13.0 Å². The summed E-state index contributed by atoms with van der Waals surface area (Å²) in [5.41, 5.74) is 0.940. The number of amides is 1. The van der Waals surface area contributed by atoms with Crippen LogP contribution in [0, 0.1) is 0 Å². The van der Waals surface area contributed by atoms with Crippen molar-refractivity contribution in [3.8, 4) is 0 Å². The van der Waals surface area contributed by atoms with Crippen LogP contribution in [0.5, 0.6) is 0 Å². The van der Waals surface area contributed by atoms with Crippen LogP contribution in [0.1, 0.15) is 17.4 Å². The number of esters is 1. The van der Waals surface area contributed by atoms with E-state index in [0.717, 1.165) is 5.52 Å². The molecule has 1 heterocycles. The van der Waals surface area contributed by atoms with Crippen molar-refractivity contribution in [2.24, 2.45) is 0 Å². The monoisotopic (exact) mass is 261 g/mol. The predicted octanol–water partition coefficient (Wildman–Crippen LogP) is 1.20. The summed E-state index contributed by atoms with van der Waals surface area (Å²) >= 11 is 0. The van der Waals surface area contributed by atoms with E-state index in [4.69, 9.17) is 4.74 Å². The number of carbonyl (C=O) groups excluding carboxylic acids is 2. The molecule has 0 unspecified atom stereocenters. The van der Waals surface area contributed by atoms with Crippen molar-refractivity contribution >= 4 is 22.8 Å². The molecule has 6 nitrogen and oxygen atoms in total. The largest absolute Gasteiger partial charge is 0.448 e. The third kappa shape index (κ3) is 2.57. The third-order valence-corrected chi connectivity index (χ3v) is 2.74. The summed E-state index contributed by atoms with van der Waals surface area (Å²) < 4.78 is 5.11. The Balaban J connectivity index is 2.19. The molecule has 1 aromatic carbocycles. The van der Waals surface area contributed by atoms with Gasteiger partial charge in [-0.3, -0.25) is 9.89 Å². The van der Waals surface area contributed by atoms with Crippen LogP contribution in [-0.2, 0) is 9.53 Å². The molecule has 1 atom stereocenters. The highest BCUT2D eigenvalue weighted by atomic mass is 16.5. The lowest BCUT2D eigenvalue weighted by Crippen LogP contribution is -2.35. The molecule has 0 saturated heterocycles. The topological polar surface area (TPSA) is 75.3 Å². The van der Waals surface area contributed by atoms with Crippen LogP contribution < -0.4 is 0 Å². The number of H-pyrrole nitrogens is 1. The highest BCUT2D eigenvalue weighted by Crippen LogP contribution is 2.16. The number of carbonyl (C=O) groups is 2. The zero-order valence-corrected chi connectivity index (χ0v) is 11.0. The van der Waals surface area contributed by atoms with E-state index in [0.29, 0.717) is 5.39 Å². The fraction of sp³-hybridized carbons (Fsp3) is 0.308. The molecule has 0 aliphatic heterocycles. The van der Waals surface area contributed by atoms with Crippen molar-refractivity contribution in [3.63, 3.8) is 0 Å². The number of nitrogens with zero attached hydrogens (tertiary/aromatic N) is 2. The Bertz CT molecular complexity index is 618. The molecule has 0 fully saturated rings. The van der Waals surface area contributed by atoms with Crippen LogP contribution in [0.25, 0.3) is 10.9 Å². The summed E-state index contributed by atoms with van der Waals surface area (Å²) in [6.45, 7) is 1.54. The number of aromatic nitrogens is 2. The summed E-state index contributed by atoms with van der Waals surface area (Å²) in [4.78, 5) is 25.0. The van der Waals surface area contributed by atoms with Gasteiger partial charge >= 0.3 is 5.97 Å². The van der Waals surface area contributed by atoms with Gasteiger partial charge in [-0.2, -0.15) is 5.10 Å². The maximum atomic E-state index is 12.0. The molecule has 0 aliphatic carbocycles. The van der Waals surface area contributed by atoms with Gasteiger partial charge in [-0.15, -0.1) is 0 Å². The smallest absolute Gasteiger partial charge is 0.360 e. The lowest BCUT2D eigenvalue weighted by Gasteiger charge is -2.16. The van der Waals surface area contributed by atoms with Gasteiger partial charge in [-0.25, -0.2) is 4.79 Å². The van der Waals surface area contributed by atoms with E-state index >= 15 is 0 Å². The molecule has 6 heteroatoms. The highest BCUT2D eigenvalue weighted by molar-refractivity contribution is 6.02. The summed E-state index contributed by atoms with van der Waals surface area (Å²) in [6, 6.07) is 7.23. The van der Waals surface area contributed by atoms with Gasteiger partial charge in [0, 0.05) is 19.5 Å². The molecule has 0 aliphatic rings. The Labute approximate surface area is 110 Å². The zero-order valence-electron chi connectivity index (χ0n) is 11.0. The molecule has 2 rings (SSSR count). The van der Waals surface area contributed by atoms with Crippen molar-refractivity contribution < 1.29 is 14.3 Å². The van der Waals surface area contributed by atoms with E-state index in [1.165, 1.54) is 11.8 Å². The first-order valence-corrected chi connectivity index (χ1v) is 5.86. The highest BCUT2D eigenvalue weighted by Gasteiger charge is 2.23. The van der Waals surface area contributed by atoms with Gasteiger partial charge in [0.1, 0.15) is 0 Å². The van der Waals surface area contributed by atoms with Crippen LogP contribution in [0.15, 0.2) is 24.3 Å². The second kappa shape index (κ2) is 5.09. The van der Waals surface area contributed by atoms with Gasteiger partial charge in [0.05, 0.1) is 5.52 Å². The number of ether oxygens (including phenoxy) is 1. The van der Waals surface area contributed by atoms with E-state index in [-0.39, 0.29) is 11.6 Å². The first kappa shape index (κ1) is 13.1. The van der Waals surface area contributed by atoms with E-state index in [1.54, 1.807) is 20.2 Å². The molecule has 19 heavy (non-hydrogen) atoms. The molecular formula is C13H15N3O3. The van der Waals surface area contributed by atoms with Gasteiger partial charge in [0.25, 0.3) is 5.91 Å². The van der Waals surface area contributed by atoms with Gasteiger partial charge in [-0.05, 0) is 13.0 Å². The van der Waals surface area contributed by atoms with E-state index in [1.807, 2.05) is 18.2 Å². The molecule has 1 aromatic heterocycles. The number of rotatable bonds is 3. The number of hydrogen-bond acceptors (Lipinski definition) is 4. The Morgan fingerprint density at radius 1 is 1.32 bits per heavy atom. The zero-order chi connectivity index (χ0) is 14.0. The summed E-state index contributed by atoms with van der Waals surface area (Å²) in [5.74, 6) is -0.881. The van der Waals surface area contributed by atoms with E-state index < -0.39 is 12.1 Å². The average Bonchev–Trinajstić information content (AvgIpc) is 2.81. The lowest BCUT2D eigenvalue weighted by atomic mass is 10.2. The van der Waals surface area contributed by atoms with Crippen LogP contribution in [0.4, 0.5) is 0 Å². The molecular weight excluding hydrogens is 246 g/mol. The fourth-order valence-corrected chi connectivity index (χ4v) is 1.75. The van der Waals surface area contributed by atoms with Crippen LogP contribution in [0.3, 0.4) is 0 Å². The van der Waals surface area contributed by atoms with Crippen molar-refractivity contribution in [2.75, 3.05) is 14.1 Å². The lowest BCUT2D eigenvalue weighted by molar-refractivity contribution is -0.137. The number of fused-ring (bicyclic) bond motifs is 1. The van der Waals surface area contributed by atoms with Gasteiger partial charge in [0.2, 0.25) is 0 Å². The molecule has 0 saturated carbocycles. The molecule has 1 amide bonds. The summed E-state index contributed by atoms with van der Waals surface area (Å²) in [7, 11) is 3.22. The van der Waals surface area contributed by atoms with Gasteiger partial charge in [-0.1, -0.05) is 18.2 Å². The quantitative estimate of drug-likeness (QED) is 0.842. The first-order valence-electron chi connectivity index (χ1n) is 5.86. The number of hydrogen-bond donors (Lipinski definition) is 1. The van der Waals surface area contributed by atoms with Crippen LogP contribution in [-0.4, -0.2) is 47.2 Å². The number of benzene rings is 1. The minimum Gasteiger partial charge on any atom is -0.448 e. The third-order valence-electron chi connectivity index (χ3n) is 2.74. The SMILES string of the molecule is C[C@H](OC(=O)c1n[nH]c2ccccc12)C(=O)N(C)C. The Hall–Kier alpha value is -2.37. The summed E-state index contributed by atoms with van der Waals surface area (Å²) in [6.07, 6.45) is -0.835. The van der Waals surface area contributed by atoms with Gasteiger partial charge in [0.15, 0.2) is 11.8 Å². The molecule has 100 valence electrons. The fourth-order valence-electron chi connectivity index (χ4n) is 1.75. The minimum absolute atomic E-state index is 0.189.